The predicted molar refractivity (Wildman–Crippen MR) is 125 cm³/mol. The van der Waals surface area contributed by atoms with Crippen LogP contribution in [0.2, 0.25) is 0 Å². The summed E-state index contributed by atoms with van der Waals surface area (Å²) >= 11 is 0. The Labute approximate surface area is 191 Å². The number of amides is 1. The molecule has 0 aliphatic carbocycles. The number of rotatable bonds is 5. The lowest BCUT2D eigenvalue weighted by molar-refractivity contribution is -0.0847. The van der Waals surface area contributed by atoms with Crippen molar-refractivity contribution in [1.82, 2.24) is 25.3 Å². The number of anilines is 1. The van der Waals surface area contributed by atoms with Gasteiger partial charge in [0.05, 0.1) is 36.7 Å². The quantitative estimate of drug-likeness (QED) is 0.493. The lowest BCUT2D eigenvalue weighted by Crippen LogP contribution is -2.71. The summed E-state index contributed by atoms with van der Waals surface area (Å²) in [6, 6.07) is 11.8. The van der Waals surface area contributed by atoms with Crippen LogP contribution in [0.4, 0.5) is 5.69 Å². The number of aromatic nitrogens is 4. The van der Waals surface area contributed by atoms with E-state index in [2.05, 4.69) is 36.2 Å². The molecule has 0 bridgehead atoms. The van der Waals surface area contributed by atoms with E-state index in [0.29, 0.717) is 0 Å². The number of fused-ring (bicyclic) bond motifs is 1. The van der Waals surface area contributed by atoms with Crippen LogP contribution in [-0.2, 0) is 4.74 Å². The van der Waals surface area contributed by atoms with Crippen LogP contribution in [0.5, 0.6) is 0 Å². The molecule has 2 fully saturated rings. The number of carbonyl (C=O) groups is 1. The van der Waals surface area contributed by atoms with Crippen LogP contribution in [0.3, 0.4) is 0 Å². The molecule has 166 valence electrons. The second kappa shape index (κ2) is 7.67. The zero-order valence-electron chi connectivity index (χ0n) is 18.3. The van der Waals surface area contributed by atoms with Crippen molar-refractivity contribution in [1.29, 1.82) is 0 Å². The van der Waals surface area contributed by atoms with Crippen molar-refractivity contribution in [2.45, 2.75) is 24.9 Å². The van der Waals surface area contributed by atoms with Crippen LogP contribution >= 0.6 is 0 Å². The molecule has 8 heteroatoms. The molecule has 2 aliphatic rings. The SMILES string of the molecule is CC(NC(=O)c1ncc(-c2c[nH]c3ncc(N4CCC45COC5)cc23)cn1)c1ccccc1. The van der Waals surface area contributed by atoms with E-state index in [9.17, 15) is 4.79 Å². The predicted octanol–water partition coefficient (Wildman–Crippen LogP) is 3.49. The number of nitrogens with one attached hydrogen (secondary N) is 2. The van der Waals surface area contributed by atoms with Crippen LogP contribution in [0.15, 0.2) is 61.2 Å². The Kier molecular flexibility index (Phi) is 4.62. The molecule has 1 aromatic carbocycles. The first-order valence-corrected chi connectivity index (χ1v) is 11.1. The molecule has 33 heavy (non-hydrogen) atoms. The molecule has 5 heterocycles. The number of benzene rings is 1. The summed E-state index contributed by atoms with van der Waals surface area (Å²) in [5.41, 5.74) is 4.89. The Hall–Kier alpha value is -3.78. The number of carbonyl (C=O) groups excluding carboxylic acids is 1. The Morgan fingerprint density at radius 2 is 1.94 bits per heavy atom. The Morgan fingerprint density at radius 3 is 2.61 bits per heavy atom. The fraction of sp³-hybridized carbons (Fsp3) is 0.280. The zero-order chi connectivity index (χ0) is 22.4. The highest BCUT2D eigenvalue weighted by molar-refractivity contribution is 5.95. The minimum Gasteiger partial charge on any atom is -0.376 e. The summed E-state index contributed by atoms with van der Waals surface area (Å²) in [6.07, 6.45) is 8.37. The first kappa shape index (κ1) is 19.9. The molecule has 4 aromatic rings. The lowest BCUT2D eigenvalue weighted by Gasteiger charge is -2.58. The van der Waals surface area contributed by atoms with Crippen molar-refractivity contribution >= 4 is 22.6 Å². The second-order valence-corrected chi connectivity index (χ2v) is 8.81. The van der Waals surface area contributed by atoms with Gasteiger partial charge in [-0.05, 0) is 25.0 Å². The van der Waals surface area contributed by atoms with Crippen LogP contribution in [0.25, 0.3) is 22.2 Å². The van der Waals surface area contributed by atoms with E-state index in [1.165, 1.54) is 0 Å². The Morgan fingerprint density at radius 1 is 1.15 bits per heavy atom. The van der Waals surface area contributed by atoms with Crippen LogP contribution < -0.4 is 10.2 Å². The van der Waals surface area contributed by atoms with E-state index in [-0.39, 0.29) is 23.3 Å². The molecule has 2 aliphatic heterocycles. The topological polar surface area (TPSA) is 96.0 Å². The van der Waals surface area contributed by atoms with Crippen molar-refractivity contribution < 1.29 is 9.53 Å². The van der Waals surface area contributed by atoms with Gasteiger partial charge in [0, 0.05) is 41.6 Å². The smallest absolute Gasteiger partial charge is 0.289 e. The molecule has 2 N–H and O–H groups in total. The minimum absolute atomic E-state index is 0.133. The van der Waals surface area contributed by atoms with E-state index in [1.54, 1.807) is 12.4 Å². The Bertz CT molecular complexity index is 1310. The maximum Gasteiger partial charge on any atom is 0.289 e. The molecule has 1 atom stereocenters. The van der Waals surface area contributed by atoms with Gasteiger partial charge < -0.3 is 19.9 Å². The standard InChI is InChI=1S/C25H24N6O2/c1-16(17-5-3-2-4-6-17)30-24(32)23-26-10-18(11-27-23)21-13-29-22-20(21)9-19(12-28-22)31-8-7-25(31)14-33-15-25/h2-6,9-13,16H,7-8,14-15H2,1H3,(H,28,29)(H,30,32). The van der Waals surface area contributed by atoms with Gasteiger partial charge in [0.1, 0.15) is 5.65 Å². The molecule has 8 nitrogen and oxygen atoms in total. The largest absolute Gasteiger partial charge is 0.376 e. The summed E-state index contributed by atoms with van der Waals surface area (Å²) in [6.45, 7) is 4.53. The number of hydrogen-bond acceptors (Lipinski definition) is 6. The van der Waals surface area contributed by atoms with E-state index in [0.717, 1.165) is 59.6 Å². The lowest BCUT2D eigenvalue weighted by atomic mass is 9.82. The van der Waals surface area contributed by atoms with Gasteiger partial charge in [-0.3, -0.25) is 4.79 Å². The molecule has 2 saturated heterocycles. The number of aromatic amines is 1. The van der Waals surface area contributed by atoms with Crippen molar-refractivity contribution in [3.05, 3.63) is 72.6 Å². The van der Waals surface area contributed by atoms with Gasteiger partial charge in [0.15, 0.2) is 0 Å². The molecule has 0 radical (unpaired) electrons. The highest BCUT2D eigenvalue weighted by atomic mass is 16.5. The molecule has 3 aromatic heterocycles. The highest BCUT2D eigenvalue weighted by Gasteiger charge is 2.50. The van der Waals surface area contributed by atoms with Gasteiger partial charge in [0.2, 0.25) is 5.82 Å². The number of nitrogens with zero attached hydrogens (tertiary/aromatic N) is 4. The molecule has 1 unspecified atom stereocenters. The third kappa shape index (κ3) is 3.34. The maximum atomic E-state index is 12.6. The maximum absolute atomic E-state index is 12.6. The van der Waals surface area contributed by atoms with E-state index in [1.807, 2.05) is 49.6 Å². The fourth-order valence-corrected chi connectivity index (χ4v) is 4.63. The first-order chi connectivity index (χ1) is 16.1. The molecule has 6 rings (SSSR count). The van der Waals surface area contributed by atoms with Crippen LogP contribution in [0.1, 0.15) is 35.6 Å². The van der Waals surface area contributed by atoms with E-state index < -0.39 is 0 Å². The summed E-state index contributed by atoms with van der Waals surface area (Å²) < 4.78 is 5.46. The number of H-pyrrole nitrogens is 1. The third-order valence-corrected chi connectivity index (χ3v) is 6.76. The Balaban J connectivity index is 1.23. The van der Waals surface area contributed by atoms with Gasteiger partial charge >= 0.3 is 0 Å². The summed E-state index contributed by atoms with van der Waals surface area (Å²) in [7, 11) is 0. The van der Waals surface area contributed by atoms with E-state index in [4.69, 9.17) is 4.74 Å². The van der Waals surface area contributed by atoms with Crippen molar-refractivity contribution in [3.8, 4) is 11.1 Å². The zero-order valence-corrected chi connectivity index (χ0v) is 18.3. The molecular weight excluding hydrogens is 416 g/mol. The van der Waals surface area contributed by atoms with Crippen LogP contribution in [0, 0.1) is 0 Å². The van der Waals surface area contributed by atoms with Gasteiger partial charge in [-0.2, -0.15) is 0 Å². The van der Waals surface area contributed by atoms with Gasteiger partial charge in [-0.25, -0.2) is 15.0 Å². The molecule has 0 saturated carbocycles. The van der Waals surface area contributed by atoms with Gasteiger partial charge in [-0.15, -0.1) is 0 Å². The van der Waals surface area contributed by atoms with Gasteiger partial charge in [-0.1, -0.05) is 30.3 Å². The van der Waals surface area contributed by atoms with Gasteiger partial charge in [0.25, 0.3) is 5.91 Å². The first-order valence-electron chi connectivity index (χ1n) is 11.1. The third-order valence-electron chi connectivity index (χ3n) is 6.76. The number of ether oxygens (including phenoxy) is 1. The number of hydrogen-bond donors (Lipinski definition) is 2. The van der Waals surface area contributed by atoms with Crippen LogP contribution in [-0.4, -0.2) is 51.1 Å². The summed E-state index contributed by atoms with van der Waals surface area (Å²) in [4.78, 5) is 31.5. The summed E-state index contributed by atoms with van der Waals surface area (Å²) in [5, 5.41) is 3.96. The fourth-order valence-electron chi connectivity index (χ4n) is 4.63. The molecular formula is C25H24N6O2. The monoisotopic (exact) mass is 440 g/mol. The molecule has 1 amide bonds. The van der Waals surface area contributed by atoms with Crippen molar-refractivity contribution in [3.63, 3.8) is 0 Å². The molecule has 1 spiro atoms. The average Bonchev–Trinajstić information content (AvgIpc) is 3.21. The van der Waals surface area contributed by atoms with Crippen molar-refractivity contribution in [2.75, 3.05) is 24.7 Å². The average molecular weight is 441 g/mol. The number of pyridine rings is 1. The highest BCUT2D eigenvalue weighted by Crippen LogP contribution is 2.42. The van der Waals surface area contributed by atoms with Crippen molar-refractivity contribution in [2.24, 2.45) is 0 Å². The normalized spacial score (nSPS) is 17.4. The second-order valence-electron chi connectivity index (χ2n) is 8.81. The van der Waals surface area contributed by atoms with E-state index >= 15 is 0 Å². The summed E-state index contributed by atoms with van der Waals surface area (Å²) in [5.74, 6) is -0.153. The minimum atomic E-state index is -0.299.